The van der Waals surface area contributed by atoms with Crippen LogP contribution < -0.4 is 10.1 Å². The topological polar surface area (TPSA) is 47.0 Å². The van der Waals surface area contributed by atoms with Gasteiger partial charge in [-0.3, -0.25) is 4.98 Å². The third kappa shape index (κ3) is 5.45. The van der Waals surface area contributed by atoms with E-state index in [1.807, 2.05) is 7.05 Å². The molecule has 4 heteroatoms. The summed E-state index contributed by atoms with van der Waals surface area (Å²) in [5.41, 5.74) is 0.933. The minimum absolute atomic E-state index is 0.628. The zero-order valence-electron chi connectivity index (χ0n) is 11.8. The fourth-order valence-corrected chi connectivity index (χ4v) is 1.79. The summed E-state index contributed by atoms with van der Waals surface area (Å²) >= 11 is 0. The van der Waals surface area contributed by atoms with Crippen LogP contribution in [0.4, 0.5) is 0 Å². The maximum absolute atomic E-state index is 5.70. The Bertz CT molecular complexity index is 313. The Hall–Kier alpha value is -1.16. The van der Waals surface area contributed by atoms with Gasteiger partial charge in [-0.2, -0.15) is 0 Å². The highest BCUT2D eigenvalue weighted by molar-refractivity contribution is 5.07. The van der Waals surface area contributed by atoms with Crippen molar-refractivity contribution >= 4 is 0 Å². The number of hydrogen-bond acceptors (Lipinski definition) is 4. The summed E-state index contributed by atoms with van der Waals surface area (Å²) in [5.74, 6) is 1.26. The molecule has 0 spiro atoms. The Labute approximate surface area is 110 Å². The molecule has 18 heavy (non-hydrogen) atoms. The normalized spacial score (nSPS) is 12.4. The van der Waals surface area contributed by atoms with Crippen molar-refractivity contribution in [2.24, 2.45) is 5.92 Å². The second-order valence-corrected chi connectivity index (χ2v) is 4.60. The van der Waals surface area contributed by atoms with E-state index in [1.54, 1.807) is 12.4 Å². The standard InChI is InChI=1S/C14H25N3O/c1-4-6-7-12(5-2)11-18-14-10-16-13(8-15-3)9-17-14/h9-10,12,15H,4-8,11H2,1-3H3. The van der Waals surface area contributed by atoms with Crippen LogP contribution in [0.3, 0.4) is 0 Å². The molecular formula is C14H25N3O. The molecule has 0 radical (unpaired) electrons. The van der Waals surface area contributed by atoms with Crippen LogP contribution in [0.1, 0.15) is 45.2 Å². The fourth-order valence-electron chi connectivity index (χ4n) is 1.79. The number of hydrogen-bond donors (Lipinski definition) is 1. The Kier molecular flexibility index (Phi) is 7.34. The van der Waals surface area contributed by atoms with Crippen LogP contribution in [0.2, 0.25) is 0 Å². The van der Waals surface area contributed by atoms with Crippen LogP contribution in [0.5, 0.6) is 5.88 Å². The molecule has 0 aliphatic carbocycles. The highest BCUT2D eigenvalue weighted by Crippen LogP contribution is 2.14. The van der Waals surface area contributed by atoms with E-state index in [0.29, 0.717) is 11.8 Å². The number of unbranched alkanes of at least 4 members (excludes halogenated alkanes) is 1. The van der Waals surface area contributed by atoms with Crippen molar-refractivity contribution in [2.45, 2.75) is 46.1 Å². The zero-order valence-corrected chi connectivity index (χ0v) is 11.8. The van der Waals surface area contributed by atoms with Gasteiger partial charge in [0.15, 0.2) is 0 Å². The van der Waals surface area contributed by atoms with Gasteiger partial charge in [0.2, 0.25) is 5.88 Å². The Balaban J connectivity index is 2.37. The quantitative estimate of drug-likeness (QED) is 0.733. The average molecular weight is 251 g/mol. The van der Waals surface area contributed by atoms with Crippen LogP contribution >= 0.6 is 0 Å². The van der Waals surface area contributed by atoms with Crippen LogP contribution in [-0.2, 0) is 6.54 Å². The van der Waals surface area contributed by atoms with Crippen molar-refractivity contribution < 1.29 is 4.74 Å². The highest BCUT2D eigenvalue weighted by atomic mass is 16.5. The zero-order chi connectivity index (χ0) is 13.2. The monoisotopic (exact) mass is 251 g/mol. The molecule has 1 aromatic rings. The first-order valence-electron chi connectivity index (χ1n) is 6.88. The van der Waals surface area contributed by atoms with Gasteiger partial charge in [0.25, 0.3) is 0 Å². The first kappa shape index (κ1) is 14.9. The number of nitrogens with zero attached hydrogens (tertiary/aromatic N) is 2. The van der Waals surface area contributed by atoms with Gasteiger partial charge in [-0.15, -0.1) is 0 Å². The smallest absolute Gasteiger partial charge is 0.232 e. The van der Waals surface area contributed by atoms with Crippen LogP contribution in [0.15, 0.2) is 12.4 Å². The summed E-state index contributed by atoms with van der Waals surface area (Å²) in [6.07, 6.45) is 8.38. The molecule has 0 aliphatic heterocycles. The molecule has 0 fully saturated rings. The van der Waals surface area contributed by atoms with E-state index in [1.165, 1.54) is 19.3 Å². The van der Waals surface area contributed by atoms with Crippen molar-refractivity contribution in [3.05, 3.63) is 18.1 Å². The van der Waals surface area contributed by atoms with Crippen molar-refractivity contribution in [1.29, 1.82) is 0 Å². The number of nitrogens with one attached hydrogen (secondary N) is 1. The first-order valence-corrected chi connectivity index (χ1v) is 6.88. The van der Waals surface area contributed by atoms with Crippen LogP contribution in [0, 0.1) is 5.92 Å². The molecule has 0 saturated heterocycles. The van der Waals surface area contributed by atoms with E-state index < -0.39 is 0 Å². The molecular weight excluding hydrogens is 226 g/mol. The predicted molar refractivity (Wildman–Crippen MR) is 73.6 cm³/mol. The van der Waals surface area contributed by atoms with Crippen molar-refractivity contribution in [1.82, 2.24) is 15.3 Å². The minimum Gasteiger partial charge on any atom is -0.476 e. The summed E-state index contributed by atoms with van der Waals surface area (Å²) in [7, 11) is 1.89. The van der Waals surface area contributed by atoms with Crippen LogP contribution in [0.25, 0.3) is 0 Å². The molecule has 1 unspecified atom stereocenters. The van der Waals surface area contributed by atoms with Gasteiger partial charge in [0, 0.05) is 6.54 Å². The Morgan fingerprint density at radius 2 is 2.11 bits per heavy atom. The maximum Gasteiger partial charge on any atom is 0.232 e. The summed E-state index contributed by atoms with van der Waals surface area (Å²) in [4.78, 5) is 8.54. The highest BCUT2D eigenvalue weighted by Gasteiger charge is 2.07. The molecule has 0 bridgehead atoms. The second-order valence-electron chi connectivity index (χ2n) is 4.60. The van der Waals surface area contributed by atoms with E-state index in [4.69, 9.17) is 4.74 Å². The van der Waals surface area contributed by atoms with Gasteiger partial charge >= 0.3 is 0 Å². The number of ether oxygens (including phenoxy) is 1. The lowest BCUT2D eigenvalue weighted by molar-refractivity contribution is 0.225. The van der Waals surface area contributed by atoms with E-state index in [9.17, 15) is 0 Å². The van der Waals surface area contributed by atoms with Gasteiger partial charge in [0.1, 0.15) is 0 Å². The van der Waals surface area contributed by atoms with Gasteiger partial charge in [-0.25, -0.2) is 4.98 Å². The Morgan fingerprint density at radius 1 is 1.28 bits per heavy atom. The third-order valence-electron chi connectivity index (χ3n) is 3.05. The largest absolute Gasteiger partial charge is 0.476 e. The van der Waals surface area contributed by atoms with E-state index in [-0.39, 0.29) is 0 Å². The lowest BCUT2D eigenvalue weighted by atomic mass is 10.0. The molecule has 4 nitrogen and oxygen atoms in total. The minimum atomic E-state index is 0.628. The summed E-state index contributed by atoms with van der Waals surface area (Å²) < 4.78 is 5.70. The lowest BCUT2D eigenvalue weighted by Gasteiger charge is -2.14. The van der Waals surface area contributed by atoms with E-state index >= 15 is 0 Å². The lowest BCUT2D eigenvalue weighted by Crippen LogP contribution is -2.12. The van der Waals surface area contributed by atoms with E-state index in [0.717, 1.165) is 25.3 Å². The van der Waals surface area contributed by atoms with Gasteiger partial charge in [-0.1, -0.05) is 33.1 Å². The molecule has 1 N–H and O–H groups in total. The summed E-state index contributed by atoms with van der Waals surface area (Å²) in [6.45, 7) is 5.92. The average Bonchev–Trinajstić information content (AvgIpc) is 2.41. The van der Waals surface area contributed by atoms with Crippen molar-refractivity contribution in [3.8, 4) is 5.88 Å². The first-order chi connectivity index (χ1) is 8.80. The Morgan fingerprint density at radius 3 is 2.67 bits per heavy atom. The van der Waals surface area contributed by atoms with Crippen LogP contribution in [-0.4, -0.2) is 23.6 Å². The molecule has 1 aromatic heterocycles. The van der Waals surface area contributed by atoms with Gasteiger partial charge in [0.05, 0.1) is 24.7 Å². The molecule has 0 aliphatic rings. The molecule has 0 amide bonds. The summed E-state index contributed by atoms with van der Waals surface area (Å²) in [6, 6.07) is 0. The third-order valence-corrected chi connectivity index (χ3v) is 3.05. The molecule has 102 valence electrons. The van der Waals surface area contributed by atoms with E-state index in [2.05, 4.69) is 29.1 Å². The van der Waals surface area contributed by atoms with Gasteiger partial charge < -0.3 is 10.1 Å². The summed E-state index contributed by atoms with van der Waals surface area (Å²) in [5, 5.41) is 3.04. The van der Waals surface area contributed by atoms with Crippen molar-refractivity contribution in [2.75, 3.05) is 13.7 Å². The predicted octanol–water partition coefficient (Wildman–Crippen LogP) is 2.79. The molecule has 0 saturated carbocycles. The van der Waals surface area contributed by atoms with Crippen molar-refractivity contribution in [3.63, 3.8) is 0 Å². The number of aromatic nitrogens is 2. The van der Waals surface area contributed by atoms with Gasteiger partial charge in [-0.05, 0) is 19.4 Å². The molecule has 1 atom stereocenters. The second kappa shape index (κ2) is 8.86. The SMILES string of the molecule is CCCCC(CC)COc1cnc(CNC)cn1. The fraction of sp³-hybridized carbons (Fsp3) is 0.714. The molecule has 0 aromatic carbocycles. The molecule has 1 heterocycles. The number of rotatable bonds is 9. The molecule has 1 rings (SSSR count). The maximum atomic E-state index is 5.70.